The standard InChI is InChI=1S/C12H20O2/c1-3-7-10(2)12(13)14-11-8-5-4-6-9-11/h3,7,10-11H,4-6,8-9H2,1-2H3. The zero-order valence-corrected chi connectivity index (χ0v) is 9.16. The molecule has 0 spiro atoms. The Kier molecular flexibility index (Phi) is 4.71. The summed E-state index contributed by atoms with van der Waals surface area (Å²) < 4.78 is 5.42. The third-order valence-electron chi connectivity index (χ3n) is 2.69. The lowest BCUT2D eigenvalue weighted by Crippen LogP contribution is -2.23. The number of rotatable bonds is 3. The summed E-state index contributed by atoms with van der Waals surface area (Å²) in [6.07, 6.45) is 9.76. The monoisotopic (exact) mass is 196 g/mol. The Labute approximate surface area is 86.3 Å². The average molecular weight is 196 g/mol. The van der Waals surface area contributed by atoms with Crippen molar-refractivity contribution >= 4 is 5.97 Å². The molecule has 1 fully saturated rings. The quantitative estimate of drug-likeness (QED) is 0.512. The van der Waals surface area contributed by atoms with Gasteiger partial charge in [-0.2, -0.15) is 0 Å². The summed E-state index contributed by atoms with van der Waals surface area (Å²) in [5.74, 6) is -0.170. The van der Waals surface area contributed by atoms with Gasteiger partial charge in [-0.25, -0.2) is 0 Å². The molecule has 0 radical (unpaired) electrons. The maximum absolute atomic E-state index is 11.5. The van der Waals surface area contributed by atoms with Gasteiger partial charge < -0.3 is 4.74 Å². The van der Waals surface area contributed by atoms with Gasteiger partial charge in [-0.1, -0.05) is 18.6 Å². The third-order valence-corrected chi connectivity index (χ3v) is 2.69. The number of allylic oxidation sites excluding steroid dienone is 1. The maximum Gasteiger partial charge on any atom is 0.312 e. The van der Waals surface area contributed by atoms with Gasteiger partial charge >= 0.3 is 5.97 Å². The highest BCUT2D eigenvalue weighted by Gasteiger charge is 2.19. The van der Waals surface area contributed by atoms with Crippen LogP contribution in [0.4, 0.5) is 0 Å². The average Bonchev–Trinajstić information content (AvgIpc) is 2.19. The molecule has 0 N–H and O–H groups in total. The van der Waals surface area contributed by atoms with E-state index in [0.717, 1.165) is 12.8 Å². The van der Waals surface area contributed by atoms with Gasteiger partial charge in [-0.3, -0.25) is 4.79 Å². The van der Waals surface area contributed by atoms with Crippen LogP contribution >= 0.6 is 0 Å². The lowest BCUT2D eigenvalue weighted by atomic mass is 9.97. The molecular formula is C12H20O2. The van der Waals surface area contributed by atoms with Crippen LogP contribution in [0.1, 0.15) is 46.0 Å². The number of hydrogen-bond donors (Lipinski definition) is 0. The molecule has 0 amide bonds. The highest BCUT2D eigenvalue weighted by atomic mass is 16.5. The molecule has 0 bridgehead atoms. The topological polar surface area (TPSA) is 26.3 Å². The first kappa shape index (κ1) is 11.3. The van der Waals surface area contributed by atoms with Crippen molar-refractivity contribution < 1.29 is 9.53 Å². The fraction of sp³-hybridized carbons (Fsp3) is 0.750. The minimum Gasteiger partial charge on any atom is -0.462 e. The first-order valence-corrected chi connectivity index (χ1v) is 5.57. The third kappa shape index (κ3) is 3.52. The SMILES string of the molecule is CC=CC(C)C(=O)OC1CCCCC1. The number of ether oxygens (including phenoxy) is 1. The minimum absolute atomic E-state index is 0.0741. The second-order valence-corrected chi connectivity index (χ2v) is 4.01. The first-order valence-electron chi connectivity index (χ1n) is 5.57. The molecular weight excluding hydrogens is 176 g/mol. The zero-order valence-electron chi connectivity index (χ0n) is 9.16. The number of carbonyl (C=O) groups excluding carboxylic acids is 1. The van der Waals surface area contributed by atoms with E-state index in [1.165, 1.54) is 19.3 Å². The Balaban J connectivity index is 2.31. The fourth-order valence-corrected chi connectivity index (χ4v) is 1.82. The molecule has 0 saturated heterocycles. The summed E-state index contributed by atoms with van der Waals surface area (Å²) in [4.78, 5) is 11.5. The molecule has 2 nitrogen and oxygen atoms in total. The van der Waals surface area contributed by atoms with Crippen LogP contribution in [0.3, 0.4) is 0 Å². The zero-order chi connectivity index (χ0) is 10.4. The van der Waals surface area contributed by atoms with Crippen LogP contribution in [-0.4, -0.2) is 12.1 Å². The molecule has 14 heavy (non-hydrogen) atoms. The maximum atomic E-state index is 11.5. The molecule has 0 aromatic rings. The molecule has 0 aromatic carbocycles. The van der Waals surface area contributed by atoms with Crippen molar-refractivity contribution in [1.29, 1.82) is 0 Å². The van der Waals surface area contributed by atoms with E-state index in [-0.39, 0.29) is 18.0 Å². The number of hydrogen-bond acceptors (Lipinski definition) is 2. The van der Waals surface area contributed by atoms with E-state index in [4.69, 9.17) is 4.74 Å². The number of carbonyl (C=O) groups is 1. The first-order chi connectivity index (χ1) is 6.74. The molecule has 1 saturated carbocycles. The number of esters is 1. The van der Waals surface area contributed by atoms with E-state index in [9.17, 15) is 4.79 Å². The van der Waals surface area contributed by atoms with Crippen molar-refractivity contribution in [2.24, 2.45) is 5.92 Å². The van der Waals surface area contributed by atoms with Gasteiger partial charge in [0, 0.05) is 0 Å². The predicted octanol–water partition coefficient (Wildman–Crippen LogP) is 3.07. The Hall–Kier alpha value is -0.790. The van der Waals surface area contributed by atoms with Crippen LogP contribution in [0.25, 0.3) is 0 Å². The minimum atomic E-state index is -0.0954. The normalized spacial score (nSPS) is 21.0. The summed E-state index contributed by atoms with van der Waals surface area (Å²) >= 11 is 0. The smallest absolute Gasteiger partial charge is 0.312 e. The van der Waals surface area contributed by atoms with Crippen molar-refractivity contribution in [3.63, 3.8) is 0 Å². The molecule has 1 aliphatic rings. The van der Waals surface area contributed by atoms with Crippen molar-refractivity contribution in [3.05, 3.63) is 12.2 Å². The van der Waals surface area contributed by atoms with Gasteiger partial charge in [-0.15, -0.1) is 0 Å². The van der Waals surface area contributed by atoms with E-state index >= 15 is 0 Å². The molecule has 1 rings (SSSR count). The van der Waals surface area contributed by atoms with Crippen LogP contribution in [0.2, 0.25) is 0 Å². The Morgan fingerprint density at radius 3 is 2.57 bits per heavy atom. The van der Waals surface area contributed by atoms with Crippen LogP contribution in [-0.2, 0) is 9.53 Å². The fourth-order valence-electron chi connectivity index (χ4n) is 1.82. The molecule has 1 atom stereocenters. The Morgan fingerprint density at radius 2 is 2.00 bits per heavy atom. The van der Waals surface area contributed by atoms with Crippen molar-refractivity contribution in [2.75, 3.05) is 0 Å². The molecule has 0 aromatic heterocycles. The van der Waals surface area contributed by atoms with Crippen LogP contribution in [0.5, 0.6) is 0 Å². The van der Waals surface area contributed by atoms with Crippen LogP contribution in [0.15, 0.2) is 12.2 Å². The lowest BCUT2D eigenvalue weighted by Gasteiger charge is -2.22. The van der Waals surface area contributed by atoms with Crippen molar-refractivity contribution in [2.45, 2.75) is 52.1 Å². The summed E-state index contributed by atoms with van der Waals surface area (Å²) in [5.41, 5.74) is 0. The second-order valence-electron chi connectivity index (χ2n) is 4.01. The summed E-state index contributed by atoms with van der Waals surface area (Å²) in [6, 6.07) is 0. The van der Waals surface area contributed by atoms with Crippen LogP contribution in [0, 0.1) is 5.92 Å². The van der Waals surface area contributed by atoms with Crippen molar-refractivity contribution in [1.82, 2.24) is 0 Å². The molecule has 1 aliphatic carbocycles. The van der Waals surface area contributed by atoms with Crippen LogP contribution < -0.4 is 0 Å². The largest absolute Gasteiger partial charge is 0.462 e. The molecule has 80 valence electrons. The van der Waals surface area contributed by atoms with Gasteiger partial charge in [0.1, 0.15) is 6.10 Å². The summed E-state index contributed by atoms with van der Waals surface area (Å²) in [7, 11) is 0. The molecule has 2 heteroatoms. The van der Waals surface area contributed by atoms with E-state index in [1.807, 2.05) is 26.0 Å². The van der Waals surface area contributed by atoms with Gasteiger partial charge in [0.05, 0.1) is 5.92 Å². The van der Waals surface area contributed by atoms with E-state index in [2.05, 4.69) is 0 Å². The summed E-state index contributed by atoms with van der Waals surface area (Å²) in [5, 5.41) is 0. The molecule has 0 aliphatic heterocycles. The van der Waals surface area contributed by atoms with Gasteiger partial charge in [0.15, 0.2) is 0 Å². The predicted molar refractivity (Wildman–Crippen MR) is 56.9 cm³/mol. The Morgan fingerprint density at radius 1 is 1.36 bits per heavy atom. The van der Waals surface area contributed by atoms with Crippen molar-refractivity contribution in [3.8, 4) is 0 Å². The van der Waals surface area contributed by atoms with Gasteiger partial charge in [-0.05, 0) is 39.5 Å². The van der Waals surface area contributed by atoms with Gasteiger partial charge in [0.2, 0.25) is 0 Å². The Bertz CT molecular complexity index is 202. The highest BCUT2D eigenvalue weighted by molar-refractivity contribution is 5.74. The van der Waals surface area contributed by atoms with E-state index in [1.54, 1.807) is 0 Å². The molecule has 1 unspecified atom stereocenters. The lowest BCUT2D eigenvalue weighted by molar-refractivity contribution is -0.153. The second kappa shape index (κ2) is 5.84. The van der Waals surface area contributed by atoms with E-state index in [0.29, 0.717) is 0 Å². The molecule has 0 heterocycles. The van der Waals surface area contributed by atoms with Gasteiger partial charge in [0.25, 0.3) is 0 Å². The highest BCUT2D eigenvalue weighted by Crippen LogP contribution is 2.21. The van der Waals surface area contributed by atoms with E-state index < -0.39 is 0 Å². The summed E-state index contributed by atoms with van der Waals surface area (Å²) in [6.45, 7) is 3.80.